The molecule has 1 atom stereocenters. The molecule has 194 valence electrons. The fourth-order valence-corrected chi connectivity index (χ4v) is 4.29. The summed E-state index contributed by atoms with van der Waals surface area (Å²) >= 11 is 0. The van der Waals surface area contributed by atoms with Crippen molar-refractivity contribution in [2.24, 2.45) is 0 Å². The SMILES string of the molecule is COC(=O)C1=C(C)N(C[C@H]2CCCO2)C(=O)/C1=C\c1ccc(OCC(=O)Nc2ccc(OC)cc2)cc1. The van der Waals surface area contributed by atoms with Gasteiger partial charge in [0.1, 0.15) is 11.5 Å². The van der Waals surface area contributed by atoms with Gasteiger partial charge in [-0.25, -0.2) is 4.79 Å². The van der Waals surface area contributed by atoms with Crippen molar-refractivity contribution in [1.29, 1.82) is 0 Å². The lowest BCUT2D eigenvalue weighted by molar-refractivity contribution is -0.136. The fraction of sp³-hybridized carbons (Fsp3) is 0.321. The van der Waals surface area contributed by atoms with E-state index in [-0.39, 0.29) is 35.7 Å². The zero-order chi connectivity index (χ0) is 26.4. The zero-order valence-corrected chi connectivity index (χ0v) is 21.1. The molecule has 0 saturated carbocycles. The molecule has 0 radical (unpaired) electrons. The summed E-state index contributed by atoms with van der Waals surface area (Å²) in [5, 5.41) is 2.75. The maximum absolute atomic E-state index is 13.2. The summed E-state index contributed by atoms with van der Waals surface area (Å²) in [5.41, 5.74) is 2.42. The van der Waals surface area contributed by atoms with Crippen LogP contribution in [0.2, 0.25) is 0 Å². The average Bonchev–Trinajstić information content (AvgIpc) is 3.51. The van der Waals surface area contributed by atoms with E-state index in [1.54, 1.807) is 73.5 Å². The predicted molar refractivity (Wildman–Crippen MR) is 137 cm³/mol. The van der Waals surface area contributed by atoms with Crippen molar-refractivity contribution < 1.29 is 33.3 Å². The summed E-state index contributed by atoms with van der Waals surface area (Å²) in [6.45, 7) is 2.65. The summed E-state index contributed by atoms with van der Waals surface area (Å²) < 4.78 is 21.3. The number of nitrogens with one attached hydrogen (secondary N) is 1. The Morgan fingerprint density at radius 1 is 1.08 bits per heavy atom. The van der Waals surface area contributed by atoms with Crippen LogP contribution in [0.5, 0.6) is 11.5 Å². The number of carbonyl (C=O) groups excluding carboxylic acids is 3. The second kappa shape index (κ2) is 11.7. The van der Waals surface area contributed by atoms with Gasteiger partial charge in [0.05, 0.1) is 38.0 Å². The third-order valence-corrected chi connectivity index (χ3v) is 6.25. The molecule has 0 spiro atoms. The van der Waals surface area contributed by atoms with E-state index >= 15 is 0 Å². The molecule has 1 saturated heterocycles. The van der Waals surface area contributed by atoms with E-state index in [1.807, 2.05) is 0 Å². The van der Waals surface area contributed by atoms with Gasteiger partial charge in [-0.1, -0.05) is 12.1 Å². The van der Waals surface area contributed by atoms with Gasteiger partial charge in [0.15, 0.2) is 6.61 Å². The van der Waals surface area contributed by atoms with E-state index < -0.39 is 5.97 Å². The molecular formula is C28H30N2O7. The lowest BCUT2D eigenvalue weighted by atomic mass is 10.0. The van der Waals surface area contributed by atoms with Gasteiger partial charge in [-0.15, -0.1) is 0 Å². The first-order valence-electron chi connectivity index (χ1n) is 12.0. The van der Waals surface area contributed by atoms with Crippen LogP contribution in [0, 0.1) is 0 Å². The minimum atomic E-state index is -0.560. The summed E-state index contributed by atoms with van der Waals surface area (Å²) in [5.74, 6) is 0.0643. The minimum absolute atomic E-state index is 0.0458. The molecule has 2 amide bonds. The number of benzene rings is 2. The zero-order valence-electron chi connectivity index (χ0n) is 21.1. The van der Waals surface area contributed by atoms with Crippen LogP contribution in [0.1, 0.15) is 25.3 Å². The Bertz CT molecular complexity index is 1210. The standard InChI is InChI=1S/C28H30N2O7/c1-18-26(28(33)35-3)24(27(32)30(18)16-23-5-4-14-36-23)15-19-6-10-22(11-7-19)37-17-25(31)29-20-8-12-21(34-2)13-9-20/h6-13,15,23H,4-5,14,16-17H2,1-3H3,(H,29,31)/b24-15-/t23-/m1/s1. The number of esters is 1. The Labute approximate surface area is 215 Å². The maximum atomic E-state index is 13.2. The fourth-order valence-electron chi connectivity index (χ4n) is 4.29. The smallest absolute Gasteiger partial charge is 0.340 e. The molecule has 0 aromatic heterocycles. The first kappa shape index (κ1) is 26.0. The molecule has 37 heavy (non-hydrogen) atoms. The lowest BCUT2D eigenvalue weighted by Crippen LogP contribution is -2.33. The van der Waals surface area contributed by atoms with Crippen molar-refractivity contribution in [2.75, 3.05) is 39.3 Å². The van der Waals surface area contributed by atoms with Crippen molar-refractivity contribution in [2.45, 2.75) is 25.9 Å². The monoisotopic (exact) mass is 506 g/mol. The number of methoxy groups -OCH3 is 2. The van der Waals surface area contributed by atoms with Crippen LogP contribution in [-0.4, -0.2) is 62.8 Å². The number of amides is 2. The van der Waals surface area contributed by atoms with Crippen LogP contribution in [0.15, 0.2) is 65.4 Å². The third kappa shape index (κ3) is 6.18. The van der Waals surface area contributed by atoms with Crippen LogP contribution in [0.25, 0.3) is 6.08 Å². The molecule has 1 fully saturated rings. The van der Waals surface area contributed by atoms with Crippen LogP contribution in [0.3, 0.4) is 0 Å². The van der Waals surface area contributed by atoms with Gasteiger partial charge in [-0.2, -0.15) is 0 Å². The molecule has 2 aromatic carbocycles. The average molecular weight is 507 g/mol. The number of allylic oxidation sites excluding steroid dienone is 1. The number of ether oxygens (including phenoxy) is 4. The van der Waals surface area contributed by atoms with Crippen LogP contribution < -0.4 is 14.8 Å². The number of rotatable bonds is 9. The van der Waals surface area contributed by atoms with Crippen LogP contribution in [0.4, 0.5) is 5.69 Å². The summed E-state index contributed by atoms with van der Waals surface area (Å²) in [7, 11) is 2.87. The molecular weight excluding hydrogens is 476 g/mol. The molecule has 1 N–H and O–H groups in total. The van der Waals surface area contributed by atoms with Crippen molar-refractivity contribution in [3.8, 4) is 11.5 Å². The van der Waals surface area contributed by atoms with Gasteiger partial charge in [0.25, 0.3) is 11.8 Å². The van der Waals surface area contributed by atoms with E-state index in [4.69, 9.17) is 18.9 Å². The van der Waals surface area contributed by atoms with Gasteiger partial charge in [0, 0.05) is 18.0 Å². The highest BCUT2D eigenvalue weighted by Gasteiger charge is 2.38. The van der Waals surface area contributed by atoms with E-state index in [9.17, 15) is 14.4 Å². The molecule has 0 bridgehead atoms. The first-order valence-corrected chi connectivity index (χ1v) is 12.0. The number of hydrogen-bond donors (Lipinski definition) is 1. The second-order valence-electron chi connectivity index (χ2n) is 8.70. The molecule has 2 aliphatic rings. The van der Waals surface area contributed by atoms with Crippen molar-refractivity contribution in [3.05, 3.63) is 70.9 Å². The summed E-state index contributed by atoms with van der Waals surface area (Å²) in [6.07, 6.45) is 3.45. The topological polar surface area (TPSA) is 103 Å². The number of anilines is 1. The Balaban J connectivity index is 1.41. The van der Waals surface area contributed by atoms with Gasteiger partial charge < -0.3 is 29.2 Å². The quantitative estimate of drug-likeness (QED) is 0.410. The van der Waals surface area contributed by atoms with Gasteiger partial charge in [-0.3, -0.25) is 9.59 Å². The third-order valence-electron chi connectivity index (χ3n) is 6.25. The normalized spacial score (nSPS) is 18.4. The van der Waals surface area contributed by atoms with Crippen LogP contribution >= 0.6 is 0 Å². The predicted octanol–water partition coefficient (Wildman–Crippen LogP) is 3.56. The highest BCUT2D eigenvalue weighted by Crippen LogP contribution is 2.33. The largest absolute Gasteiger partial charge is 0.497 e. The van der Waals surface area contributed by atoms with E-state index in [2.05, 4.69) is 5.32 Å². The molecule has 0 aliphatic carbocycles. The molecule has 2 heterocycles. The molecule has 2 aliphatic heterocycles. The Kier molecular flexibility index (Phi) is 8.25. The molecule has 2 aromatic rings. The van der Waals surface area contributed by atoms with Crippen molar-refractivity contribution >= 4 is 29.5 Å². The Morgan fingerprint density at radius 2 is 1.78 bits per heavy atom. The van der Waals surface area contributed by atoms with Gasteiger partial charge >= 0.3 is 5.97 Å². The number of carbonyl (C=O) groups is 3. The van der Waals surface area contributed by atoms with Crippen molar-refractivity contribution in [1.82, 2.24) is 4.90 Å². The minimum Gasteiger partial charge on any atom is -0.497 e. The van der Waals surface area contributed by atoms with E-state index in [1.165, 1.54) is 7.11 Å². The Hall–Kier alpha value is -4.11. The maximum Gasteiger partial charge on any atom is 0.340 e. The van der Waals surface area contributed by atoms with Crippen LogP contribution in [-0.2, 0) is 23.9 Å². The van der Waals surface area contributed by atoms with Gasteiger partial charge in [0.2, 0.25) is 0 Å². The highest BCUT2D eigenvalue weighted by molar-refractivity contribution is 6.16. The Morgan fingerprint density at radius 3 is 2.41 bits per heavy atom. The first-order chi connectivity index (χ1) is 17.9. The summed E-state index contributed by atoms with van der Waals surface area (Å²) in [6, 6.07) is 13.9. The van der Waals surface area contributed by atoms with E-state index in [0.29, 0.717) is 41.6 Å². The second-order valence-corrected chi connectivity index (χ2v) is 8.70. The van der Waals surface area contributed by atoms with Gasteiger partial charge in [-0.05, 0) is 67.8 Å². The molecule has 9 nitrogen and oxygen atoms in total. The van der Waals surface area contributed by atoms with Crippen molar-refractivity contribution in [3.63, 3.8) is 0 Å². The molecule has 0 unspecified atom stereocenters. The number of nitrogens with zero attached hydrogens (tertiary/aromatic N) is 1. The molecule has 4 rings (SSSR count). The van der Waals surface area contributed by atoms with E-state index in [0.717, 1.165) is 12.8 Å². The number of hydrogen-bond acceptors (Lipinski definition) is 7. The molecule has 9 heteroatoms. The highest BCUT2D eigenvalue weighted by atomic mass is 16.5. The lowest BCUT2D eigenvalue weighted by Gasteiger charge is -2.21. The summed E-state index contributed by atoms with van der Waals surface area (Å²) in [4.78, 5) is 39.6.